The van der Waals surface area contributed by atoms with E-state index in [1.165, 1.54) is 0 Å². The molecular formula is C9H19NO3. The maximum atomic E-state index is 11.1. The molecule has 0 aromatic carbocycles. The highest BCUT2D eigenvalue weighted by molar-refractivity contribution is 5.68. The van der Waals surface area contributed by atoms with Crippen LogP contribution in [0.2, 0.25) is 0 Å². The van der Waals surface area contributed by atoms with Crippen molar-refractivity contribution in [3.8, 4) is 0 Å². The molecule has 0 aliphatic rings. The fraction of sp³-hybridized carbons (Fsp3) is 0.889. The van der Waals surface area contributed by atoms with Crippen LogP contribution in [0, 0.1) is 0 Å². The summed E-state index contributed by atoms with van der Waals surface area (Å²) >= 11 is 0. The van der Waals surface area contributed by atoms with Crippen LogP contribution in [0.3, 0.4) is 0 Å². The molecule has 0 fully saturated rings. The molecule has 0 aromatic heterocycles. The Bertz CT molecular complexity index is 163. The Balaban J connectivity index is 3.74. The minimum Gasteiger partial charge on any atom is -0.420 e. The van der Waals surface area contributed by atoms with Crippen molar-refractivity contribution in [2.75, 3.05) is 0 Å². The predicted molar refractivity (Wildman–Crippen MR) is 50.3 cm³/mol. The fourth-order valence-electron chi connectivity index (χ4n) is 0.765. The molecule has 0 aromatic rings. The lowest BCUT2D eigenvalue weighted by atomic mass is 10.1. The molecule has 1 atom stereocenters. The highest BCUT2D eigenvalue weighted by atomic mass is 16.6. The molecule has 2 N–H and O–H groups in total. The minimum absolute atomic E-state index is 0.330. The van der Waals surface area contributed by atoms with Crippen molar-refractivity contribution in [1.82, 2.24) is 5.32 Å². The largest absolute Gasteiger partial charge is 0.420 e. The number of carbonyl (C=O) groups excluding carboxylic acids is 1. The first-order valence-electron chi connectivity index (χ1n) is 4.52. The van der Waals surface area contributed by atoms with Crippen LogP contribution in [-0.4, -0.2) is 23.0 Å². The van der Waals surface area contributed by atoms with E-state index in [4.69, 9.17) is 5.11 Å². The van der Waals surface area contributed by atoms with Crippen molar-refractivity contribution >= 4 is 6.09 Å². The van der Waals surface area contributed by atoms with Crippen LogP contribution in [-0.2, 0) is 4.74 Å². The first-order chi connectivity index (χ1) is 5.85. The molecule has 1 amide bonds. The molecular weight excluding hydrogens is 170 g/mol. The smallest absolute Gasteiger partial charge is 0.409 e. The molecule has 0 saturated carbocycles. The van der Waals surface area contributed by atoms with Gasteiger partial charge in [-0.15, -0.1) is 0 Å². The highest BCUT2D eigenvalue weighted by Crippen LogP contribution is 2.02. The topological polar surface area (TPSA) is 58.6 Å². The van der Waals surface area contributed by atoms with Crippen molar-refractivity contribution in [2.45, 2.75) is 52.4 Å². The van der Waals surface area contributed by atoms with Gasteiger partial charge in [0.1, 0.15) is 0 Å². The van der Waals surface area contributed by atoms with Gasteiger partial charge >= 0.3 is 6.09 Å². The number of carbonyl (C=O) groups is 1. The van der Waals surface area contributed by atoms with Gasteiger partial charge in [-0.3, -0.25) is 0 Å². The van der Waals surface area contributed by atoms with Crippen molar-refractivity contribution in [3.63, 3.8) is 0 Å². The molecule has 0 spiro atoms. The molecule has 4 nitrogen and oxygen atoms in total. The summed E-state index contributed by atoms with van der Waals surface area (Å²) in [5.74, 6) is 0. The van der Waals surface area contributed by atoms with Gasteiger partial charge in [0.2, 0.25) is 6.29 Å². The van der Waals surface area contributed by atoms with Crippen LogP contribution >= 0.6 is 0 Å². The predicted octanol–water partition coefficient (Wildman–Crippen LogP) is 1.63. The molecule has 13 heavy (non-hydrogen) atoms. The van der Waals surface area contributed by atoms with Gasteiger partial charge in [0.15, 0.2) is 0 Å². The number of hydrogen-bond acceptors (Lipinski definition) is 3. The maximum absolute atomic E-state index is 11.1. The molecule has 1 unspecified atom stereocenters. The summed E-state index contributed by atoms with van der Waals surface area (Å²) in [6, 6.07) is 0. The number of ether oxygens (including phenoxy) is 1. The molecule has 0 rings (SSSR count). The molecule has 0 radical (unpaired) electrons. The number of hydrogen-bond donors (Lipinski definition) is 2. The third kappa shape index (κ3) is 7.59. The first-order valence-corrected chi connectivity index (χ1v) is 4.52. The van der Waals surface area contributed by atoms with Gasteiger partial charge in [-0.25, -0.2) is 4.79 Å². The Morgan fingerprint density at radius 3 is 2.46 bits per heavy atom. The zero-order valence-electron chi connectivity index (χ0n) is 8.76. The lowest BCUT2D eigenvalue weighted by Gasteiger charge is -2.21. The van der Waals surface area contributed by atoms with Gasteiger partial charge < -0.3 is 15.2 Å². The summed E-state index contributed by atoms with van der Waals surface area (Å²) in [7, 11) is 0. The van der Waals surface area contributed by atoms with E-state index in [2.05, 4.69) is 10.1 Å². The molecule has 0 bridgehead atoms. The van der Waals surface area contributed by atoms with Gasteiger partial charge in [0.05, 0.1) is 0 Å². The summed E-state index contributed by atoms with van der Waals surface area (Å²) in [5.41, 5.74) is -0.330. The third-order valence-corrected chi connectivity index (χ3v) is 1.26. The van der Waals surface area contributed by atoms with Crippen molar-refractivity contribution in [2.24, 2.45) is 0 Å². The Morgan fingerprint density at radius 1 is 1.54 bits per heavy atom. The summed E-state index contributed by atoms with van der Waals surface area (Å²) in [5, 5.41) is 11.7. The maximum Gasteiger partial charge on any atom is 0.409 e. The second-order valence-corrected chi connectivity index (χ2v) is 4.02. The monoisotopic (exact) mass is 189 g/mol. The van der Waals surface area contributed by atoms with Gasteiger partial charge in [0.25, 0.3) is 0 Å². The molecule has 0 aliphatic carbocycles. The van der Waals surface area contributed by atoms with Crippen LogP contribution < -0.4 is 5.32 Å². The second kappa shape index (κ2) is 5.07. The number of alkyl carbamates (subject to hydrolysis) is 1. The van der Waals surface area contributed by atoms with Crippen LogP contribution in [0.15, 0.2) is 0 Å². The average molecular weight is 189 g/mol. The number of nitrogens with one attached hydrogen (secondary N) is 1. The van der Waals surface area contributed by atoms with E-state index in [0.717, 1.165) is 6.42 Å². The van der Waals surface area contributed by atoms with Crippen LogP contribution in [0.4, 0.5) is 4.79 Å². The fourth-order valence-corrected chi connectivity index (χ4v) is 0.765. The molecule has 0 aliphatic heterocycles. The van der Waals surface area contributed by atoms with Gasteiger partial charge in [0, 0.05) is 12.0 Å². The van der Waals surface area contributed by atoms with E-state index in [1.54, 1.807) is 0 Å². The number of rotatable bonds is 3. The second-order valence-electron chi connectivity index (χ2n) is 4.02. The SMILES string of the molecule is CCCC(O)OC(=O)NC(C)(C)C. The molecule has 0 heterocycles. The molecule has 4 heteroatoms. The highest BCUT2D eigenvalue weighted by Gasteiger charge is 2.16. The van der Waals surface area contributed by atoms with Crippen molar-refractivity contribution < 1.29 is 14.6 Å². The summed E-state index contributed by atoms with van der Waals surface area (Å²) in [6.45, 7) is 7.45. The Hall–Kier alpha value is -0.770. The van der Waals surface area contributed by atoms with Gasteiger partial charge in [-0.05, 0) is 20.8 Å². The van der Waals surface area contributed by atoms with E-state index >= 15 is 0 Å². The molecule has 78 valence electrons. The van der Waals surface area contributed by atoms with Gasteiger partial charge in [-0.2, -0.15) is 0 Å². The van der Waals surface area contributed by atoms with E-state index < -0.39 is 12.4 Å². The quantitative estimate of drug-likeness (QED) is 0.663. The summed E-state index contributed by atoms with van der Waals surface area (Å²) in [4.78, 5) is 11.1. The minimum atomic E-state index is -0.993. The number of aliphatic hydroxyl groups excluding tert-OH is 1. The third-order valence-electron chi connectivity index (χ3n) is 1.26. The van der Waals surface area contributed by atoms with Crippen LogP contribution in [0.1, 0.15) is 40.5 Å². The van der Waals surface area contributed by atoms with Crippen LogP contribution in [0.25, 0.3) is 0 Å². The summed E-state index contributed by atoms with van der Waals surface area (Å²) < 4.78 is 4.67. The van der Waals surface area contributed by atoms with Crippen molar-refractivity contribution in [1.29, 1.82) is 0 Å². The van der Waals surface area contributed by atoms with E-state index in [0.29, 0.717) is 6.42 Å². The Morgan fingerprint density at radius 2 is 2.08 bits per heavy atom. The van der Waals surface area contributed by atoms with E-state index in [1.807, 2.05) is 27.7 Å². The Labute approximate surface area is 79.3 Å². The lowest BCUT2D eigenvalue weighted by molar-refractivity contribution is -0.0582. The standard InChI is InChI=1S/C9H19NO3/c1-5-6-7(11)13-8(12)10-9(2,3)4/h7,11H,5-6H2,1-4H3,(H,10,12). The summed E-state index contributed by atoms with van der Waals surface area (Å²) in [6.07, 6.45) is -0.317. The Kier molecular flexibility index (Phi) is 4.77. The number of amides is 1. The van der Waals surface area contributed by atoms with Crippen molar-refractivity contribution in [3.05, 3.63) is 0 Å². The zero-order valence-corrected chi connectivity index (χ0v) is 8.76. The molecule has 0 saturated heterocycles. The van der Waals surface area contributed by atoms with Gasteiger partial charge in [-0.1, -0.05) is 13.3 Å². The zero-order chi connectivity index (χ0) is 10.5. The normalized spacial score (nSPS) is 13.6. The number of aliphatic hydroxyl groups is 1. The lowest BCUT2D eigenvalue weighted by Crippen LogP contribution is -2.42. The average Bonchev–Trinajstić information content (AvgIpc) is 1.81. The van der Waals surface area contributed by atoms with E-state index in [9.17, 15) is 4.79 Å². The first kappa shape index (κ1) is 12.2. The van der Waals surface area contributed by atoms with E-state index in [-0.39, 0.29) is 5.54 Å². The van der Waals surface area contributed by atoms with Crippen LogP contribution in [0.5, 0.6) is 0 Å².